The summed E-state index contributed by atoms with van der Waals surface area (Å²) in [5.41, 5.74) is 3.59. The first-order valence-corrected chi connectivity index (χ1v) is 6.07. The van der Waals surface area contributed by atoms with Crippen molar-refractivity contribution in [3.63, 3.8) is 0 Å². The number of aromatic hydroxyl groups is 1. The Balaban J connectivity index is 2.48. The Labute approximate surface area is 112 Å². The summed E-state index contributed by atoms with van der Waals surface area (Å²) < 4.78 is 4.66. The molecule has 0 aliphatic heterocycles. The molecule has 2 aromatic rings. The first-order chi connectivity index (χ1) is 9.13. The molecule has 98 valence electrons. The highest BCUT2D eigenvalue weighted by molar-refractivity contribution is 5.77. The summed E-state index contributed by atoms with van der Waals surface area (Å²) in [7, 11) is 1.34. The minimum absolute atomic E-state index is 0.0782. The van der Waals surface area contributed by atoms with Gasteiger partial charge in [0, 0.05) is 5.56 Å². The molecule has 3 nitrogen and oxygen atoms in total. The molecule has 0 radical (unpaired) electrons. The van der Waals surface area contributed by atoms with Gasteiger partial charge in [-0.3, -0.25) is 4.79 Å². The molecule has 0 saturated heterocycles. The molecule has 3 heteroatoms. The largest absolute Gasteiger partial charge is 0.508 e. The van der Waals surface area contributed by atoms with Crippen molar-refractivity contribution in [3.8, 4) is 16.9 Å². The van der Waals surface area contributed by atoms with Crippen molar-refractivity contribution >= 4 is 5.97 Å². The smallest absolute Gasteiger partial charge is 0.310 e. The van der Waals surface area contributed by atoms with Crippen LogP contribution >= 0.6 is 0 Å². The molecule has 2 aromatic carbocycles. The fraction of sp³-hybridized carbons (Fsp3) is 0.188. The first-order valence-electron chi connectivity index (χ1n) is 6.07. The summed E-state index contributed by atoms with van der Waals surface area (Å²) in [6.45, 7) is 1.90. The molecule has 0 atom stereocenters. The van der Waals surface area contributed by atoms with Crippen LogP contribution in [-0.2, 0) is 16.0 Å². The van der Waals surface area contributed by atoms with Crippen molar-refractivity contribution in [2.75, 3.05) is 7.11 Å². The van der Waals surface area contributed by atoms with E-state index in [1.807, 2.05) is 43.3 Å². The third-order valence-corrected chi connectivity index (χ3v) is 3.21. The lowest BCUT2D eigenvalue weighted by atomic mass is 9.94. The standard InChI is InChI=1S/C16H16O3/c1-11-13(12-6-4-3-5-7-12)8-9-15(17)14(11)10-16(18)19-2/h3-9,17H,10H2,1-2H3. The van der Waals surface area contributed by atoms with Gasteiger partial charge in [0.25, 0.3) is 0 Å². The Bertz CT molecular complexity index is 588. The van der Waals surface area contributed by atoms with E-state index in [1.165, 1.54) is 7.11 Å². The molecule has 0 saturated carbocycles. The van der Waals surface area contributed by atoms with Crippen LogP contribution in [0.4, 0.5) is 0 Å². The van der Waals surface area contributed by atoms with E-state index >= 15 is 0 Å². The second-order valence-electron chi connectivity index (χ2n) is 4.35. The zero-order valence-electron chi connectivity index (χ0n) is 11.0. The zero-order chi connectivity index (χ0) is 13.8. The van der Waals surface area contributed by atoms with E-state index in [1.54, 1.807) is 6.07 Å². The van der Waals surface area contributed by atoms with Gasteiger partial charge in [-0.2, -0.15) is 0 Å². The number of benzene rings is 2. The fourth-order valence-corrected chi connectivity index (χ4v) is 2.11. The minimum atomic E-state index is -0.358. The SMILES string of the molecule is COC(=O)Cc1c(O)ccc(-c2ccccc2)c1C. The molecule has 0 aliphatic rings. The molecule has 0 amide bonds. The number of phenols is 1. The molecule has 0 bridgehead atoms. The molecular formula is C16H16O3. The van der Waals surface area contributed by atoms with Crippen LogP contribution in [0.25, 0.3) is 11.1 Å². The molecule has 0 fully saturated rings. The third-order valence-electron chi connectivity index (χ3n) is 3.21. The average Bonchev–Trinajstić information content (AvgIpc) is 2.44. The Morgan fingerprint density at radius 2 is 1.84 bits per heavy atom. The van der Waals surface area contributed by atoms with Crippen molar-refractivity contribution < 1.29 is 14.6 Å². The second kappa shape index (κ2) is 5.57. The van der Waals surface area contributed by atoms with Crippen LogP contribution in [0.1, 0.15) is 11.1 Å². The van der Waals surface area contributed by atoms with Crippen LogP contribution in [0, 0.1) is 6.92 Å². The number of carbonyl (C=O) groups excluding carboxylic acids is 1. The van der Waals surface area contributed by atoms with E-state index in [4.69, 9.17) is 0 Å². The number of hydrogen-bond donors (Lipinski definition) is 1. The third kappa shape index (κ3) is 2.76. The van der Waals surface area contributed by atoms with E-state index in [9.17, 15) is 9.90 Å². The Morgan fingerprint density at radius 3 is 2.47 bits per heavy atom. The molecule has 0 heterocycles. The maximum Gasteiger partial charge on any atom is 0.310 e. The van der Waals surface area contributed by atoms with Gasteiger partial charge in [0.1, 0.15) is 5.75 Å². The summed E-state index contributed by atoms with van der Waals surface area (Å²) in [4.78, 5) is 11.4. The molecule has 0 aliphatic carbocycles. The van der Waals surface area contributed by atoms with Crippen molar-refractivity contribution in [1.82, 2.24) is 0 Å². The lowest BCUT2D eigenvalue weighted by molar-refractivity contribution is -0.139. The van der Waals surface area contributed by atoms with Gasteiger partial charge in [-0.05, 0) is 29.7 Å². The maximum atomic E-state index is 11.4. The predicted octanol–water partition coefficient (Wildman–Crippen LogP) is 3.08. The van der Waals surface area contributed by atoms with Crippen LogP contribution in [-0.4, -0.2) is 18.2 Å². The van der Waals surface area contributed by atoms with Gasteiger partial charge >= 0.3 is 5.97 Å². The van der Waals surface area contributed by atoms with Gasteiger partial charge in [0.15, 0.2) is 0 Å². The van der Waals surface area contributed by atoms with Gasteiger partial charge in [-0.1, -0.05) is 36.4 Å². The average molecular weight is 256 g/mol. The Morgan fingerprint density at radius 1 is 1.16 bits per heavy atom. The van der Waals surface area contributed by atoms with E-state index in [-0.39, 0.29) is 18.1 Å². The van der Waals surface area contributed by atoms with Crippen molar-refractivity contribution in [2.24, 2.45) is 0 Å². The molecule has 1 N–H and O–H groups in total. The molecule has 19 heavy (non-hydrogen) atoms. The molecular weight excluding hydrogens is 240 g/mol. The van der Waals surface area contributed by atoms with Crippen LogP contribution < -0.4 is 0 Å². The van der Waals surface area contributed by atoms with Crippen LogP contribution in [0.3, 0.4) is 0 Å². The zero-order valence-corrected chi connectivity index (χ0v) is 11.0. The summed E-state index contributed by atoms with van der Waals surface area (Å²) in [6, 6.07) is 13.4. The highest BCUT2D eigenvalue weighted by atomic mass is 16.5. The highest BCUT2D eigenvalue weighted by Crippen LogP contribution is 2.31. The molecule has 0 aromatic heterocycles. The number of hydrogen-bond acceptors (Lipinski definition) is 3. The van der Waals surface area contributed by atoms with Crippen LogP contribution in [0.15, 0.2) is 42.5 Å². The number of ether oxygens (including phenoxy) is 1. The summed E-state index contributed by atoms with van der Waals surface area (Å²) >= 11 is 0. The monoisotopic (exact) mass is 256 g/mol. The number of esters is 1. The van der Waals surface area contributed by atoms with Gasteiger partial charge in [-0.25, -0.2) is 0 Å². The second-order valence-corrected chi connectivity index (χ2v) is 4.35. The van der Waals surface area contributed by atoms with Crippen LogP contribution in [0.5, 0.6) is 5.75 Å². The molecule has 2 rings (SSSR count). The molecule has 0 unspecified atom stereocenters. The number of carbonyl (C=O) groups is 1. The number of methoxy groups -OCH3 is 1. The maximum absolute atomic E-state index is 11.4. The summed E-state index contributed by atoms with van der Waals surface area (Å²) in [5.74, 6) is -0.230. The van der Waals surface area contributed by atoms with Crippen molar-refractivity contribution in [2.45, 2.75) is 13.3 Å². The minimum Gasteiger partial charge on any atom is -0.508 e. The van der Waals surface area contributed by atoms with E-state index in [0.717, 1.165) is 16.7 Å². The van der Waals surface area contributed by atoms with Gasteiger partial charge in [0.2, 0.25) is 0 Å². The van der Waals surface area contributed by atoms with Crippen molar-refractivity contribution in [1.29, 1.82) is 0 Å². The summed E-state index contributed by atoms with van der Waals surface area (Å²) in [6.07, 6.45) is 0.0782. The fourth-order valence-electron chi connectivity index (χ4n) is 2.11. The van der Waals surface area contributed by atoms with Gasteiger partial charge < -0.3 is 9.84 Å². The lowest BCUT2D eigenvalue weighted by Crippen LogP contribution is -2.06. The normalized spacial score (nSPS) is 10.2. The van der Waals surface area contributed by atoms with Gasteiger partial charge in [0.05, 0.1) is 13.5 Å². The number of rotatable bonds is 3. The van der Waals surface area contributed by atoms with E-state index < -0.39 is 0 Å². The van der Waals surface area contributed by atoms with E-state index in [2.05, 4.69) is 4.74 Å². The van der Waals surface area contributed by atoms with Gasteiger partial charge in [-0.15, -0.1) is 0 Å². The topological polar surface area (TPSA) is 46.5 Å². The van der Waals surface area contributed by atoms with Crippen LogP contribution in [0.2, 0.25) is 0 Å². The van der Waals surface area contributed by atoms with E-state index in [0.29, 0.717) is 5.56 Å². The lowest BCUT2D eigenvalue weighted by Gasteiger charge is -2.12. The molecule has 0 spiro atoms. The predicted molar refractivity (Wildman–Crippen MR) is 74.0 cm³/mol. The summed E-state index contributed by atoms with van der Waals surface area (Å²) in [5, 5.41) is 9.90. The quantitative estimate of drug-likeness (QED) is 0.858. The van der Waals surface area contributed by atoms with Crippen molar-refractivity contribution in [3.05, 3.63) is 53.6 Å². The Hall–Kier alpha value is -2.29. The Kier molecular flexibility index (Phi) is 3.85. The first kappa shape index (κ1) is 13.1. The number of phenolic OH excluding ortho intramolecular Hbond substituents is 1. The highest BCUT2D eigenvalue weighted by Gasteiger charge is 2.14.